The fourth-order valence-electron chi connectivity index (χ4n) is 0.762. The lowest BCUT2D eigenvalue weighted by Gasteiger charge is -2.00. The van der Waals surface area contributed by atoms with Crippen molar-refractivity contribution in [2.75, 3.05) is 5.32 Å². The molecule has 0 aliphatic heterocycles. The fraction of sp³-hybridized carbons (Fsp3) is 0. The van der Waals surface area contributed by atoms with Crippen molar-refractivity contribution in [1.82, 2.24) is 4.98 Å². The number of carboxylic acids is 1. The summed E-state index contributed by atoms with van der Waals surface area (Å²) in [6.07, 6.45) is 1.84. The Morgan fingerprint density at radius 1 is 1.53 bits per heavy atom. The van der Waals surface area contributed by atoms with E-state index in [1.165, 1.54) is 18.3 Å². The number of aliphatic carboxylic acids is 1. The molecule has 0 aliphatic rings. The van der Waals surface area contributed by atoms with Gasteiger partial charge in [-0.3, -0.25) is 9.59 Å². The highest BCUT2D eigenvalue weighted by molar-refractivity contribution is 8.15. The molecule has 1 heterocycles. The number of nitrogens with zero attached hydrogens (tertiary/aromatic N) is 1. The average Bonchev–Trinajstić information content (AvgIpc) is 2.18. The maximum absolute atomic E-state index is 10.8. The summed E-state index contributed by atoms with van der Waals surface area (Å²) < 4.78 is 0. The largest absolute Gasteiger partial charge is 0.475 e. The lowest BCUT2D eigenvalue weighted by Crippen LogP contribution is -2.07. The predicted molar refractivity (Wildman–Crippen MR) is 52.4 cm³/mol. The number of hydrogen-bond acceptors (Lipinski definition) is 5. The molecule has 0 unspecified atom stereocenters. The van der Waals surface area contributed by atoms with Gasteiger partial charge in [-0.05, 0) is 23.9 Å². The van der Waals surface area contributed by atoms with Gasteiger partial charge < -0.3 is 10.4 Å². The summed E-state index contributed by atoms with van der Waals surface area (Å²) >= 11 is 0.486. The Bertz CT molecular complexity index is 407. The molecule has 0 bridgehead atoms. The molecule has 0 saturated carbocycles. The Kier molecular flexibility index (Phi) is 3.81. The van der Waals surface area contributed by atoms with Gasteiger partial charge in [0.1, 0.15) is 5.03 Å². The van der Waals surface area contributed by atoms with Crippen LogP contribution in [0.5, 0.6) is 0 Å². The van der Waals surface area contributed by atoms with Crippen molar-refractivity contribution >= 4 is 34.9 Å². The number of hydrogen-bond donors (Lipinski definition) is 2. The van der Waals surface area contributed by atoms with E-state index in [0.717, 1.165) is 0 Å². The first-order valence-electron chi connectivity index (χ1n) is 3.75. The van der Waals surface area contributed by atoms with Crippen LogP contribution in [0.4, 0.5) is 5.69 Å². The molecule has 1 aromatic rings. The van der Waals surface area contributed by atoms with Crippen molar-refractivity contribution in [3.8, 4) is 0 Å². The van der Waals surface area contributed by atoms with Crippen molar-refractivity contribution in [2.24, 2.45) is 0 Å². The van der Waals surface area contributed by atoms with Gasteiger partial charge in [0.2, 0.25) is 6.41 Å². The summed E-state index contributed by atoms with van der Waals surface area (Å²) in [6.45, 7) is 0. The van der Waals surface area contributed by atoms with E-state index in [9.17, 15) is 14.4 Å². The lowest BCUT2D eigenvalue weighted by atomic mass is 10.4. The maximum Gasteiger partial charge on any atom is 0.383 e. The second-order valence-corrected chi connectivity index (χ2v) is 3.33. The van der Waals surface area contributed by atoms with Gasteiger partial charge in [-0.15, -0.1) is 0 Å². The van der Waals surface area contributed by atoms with Crippen molar-refractivity contribution in [3.63, 3.8) is 0 Å². The van der Waals surface area contributed by atoms with E-state index in [0.29, 0.717) is 23.9 Å². The van der Waals surface area contributed by atoms with Crippen LogP contribution in [0.1, 0.15) is 0 Å². The zero-order valence-electron chi connectivity index (χ0n) is 7.34. The molecular weight excluding hydrogens is 220 g/mol. The van der Waals surface area contributed by atoms with E-state index in [1.54, 1.807) is 0 Å². The summed E-state index contributed by atoms with van der Waals surface area (Å²) in [5.41, 5.74) is 0.445. The Morgan fingerprint density at radius 2 is 2.27 bits per heavy atom. The van der Waals surface area contributed by atoms with Crippen LogP contribution >= 0.6 is 11.8 Å². The Morgan fingerprint density at radius 3 is 2.87 bits per heavy atom. The molecule has 1 aromatic heterocycles. The number of anilines is 1. The molecule has 0 aromatic carbocycles. The number of aromatic nitrogens is 1. The standard InChI is InChI=1S/C8H6N2O4S/c11-4-10-5-1-2-9-6(3-5)15-8(14)7(12)13/h1-4H,(H,12,13)(H,9,10,11). The average molecular weight is 226 g/mol. The second-order valence-electron chi connectivity index (χ2n) is 2.34. The molecule has 0 fully saturated rings. The Balaban J connectivity index is 2.77. The third-order valence-corrected chi connectivity index (χ3v) is 2.12. The number of pyridine rings is 1. The Hall–Kier alpha value is -1.89. The van der Waals surface area contributed by atoms with Crippen LogP contribution in [0.3, 0.4) is 0 Å². The number of carbonyl (C=O) groups is 3. The van der Waals surface area contributed by atoms with Crippen LogP contribution in [-0.2, 0) is 14.4 Å². The van der Waals surface area contributed by atoms with Crippen LogP contribution in [0.25, 0.3) is 0 Å². The van der Waals surface area contributed by atoms with Gasteiger partial charge in [-0.25, -0.2) is 9.78 Å². The molecule has 0 saturated heterocycles. The highest BCUT2D eigenvalue weighted by atomic mass is 32.2. The normalized spacial score (nSPS) is 9.33. The number of nitrogens with one attached hydrogen (secondary N) is 1. The van der Waals surface area contributed by atoms with Crippen molar-refractivity contribution in [2.45, 2.75) is 5.03 Å². The first-order chi connectivity index (χ1) is 7.13. The molecule has 1 rings (SSSR count). The number of carbonyl (C=O) groups excluding carboxylic acids is 2. The molecular formula is C8H6N2O4S. The number of rotatable bonds is 3. The maximum atomic E-state index is 10.8. The predicted octanol–water partition coefficient (Wildman–Crippen LogP) is 0.353. The topological polar surface area (TPSA) is 96.4 Å². The first-order valence-corrected chi connectivity index (χ1v) is 4.56. The third-order valence-electron chi connectivity index (χ3n) is 1.33. The van der Waals surface area contributed by atoms with Gasteiger partial charge in [0.05, 0.1) is 0 Å². The molecule has 0 spiro atoms. The van der Waals surface area contributed by atoms with Gasteiger partial charge in [0.15, 0.2) is 0 Å². The molecule has 0 aliphatic carbocycles. The van der Waals surface area contributed by atoms with Crippen molar-refractivity contribution in [1.29, 1.82) is 0 Å². The third kappa shape index (κ3) is 3.39. The smallest absolute Gasteiger partial charge is 0.383 e. The lowest BCUT2D eigenvalue weighted by molar-refractivity contribution is -0.144. The van der Waals surface area contributed by atoms with Crippen molar-refractivity contribution < 1.29 is 19.5 Å². The van der Waals surface area contributed by atoms with E-state index in [4.69, 9.17) is 5.11 Å². The zero-order valence-corrected chi connectivity index (χ0v) is 8.15. The van der Waals surface area contributed by atoms with E-state index in [-0.39, 0.29) is 5.03 Å². The van der Waals surface area contributed by atoms with E-state index in [1.807, 2.05) is 0 Å². The highest BCUT2D eigenvalue weighted by Crippen LogP contribution is 2.19. The van der Waals surface area contributed by atoms with Gasteiger partial charge in [-0.2, -0.15) is 0 Å². The van der Waals surface area contributed by atoms with Crippen LogP contribution in [0, 0.1) is 0 Å². The van der Waals surface area contributed by atoms with Gasteiger partial charge in [0.25, 0.3) is 0 Å². The summed E-state index contributed by atoms with van der Waals surface area (Å²) in [5.74, 6) is -1.53. The molecule has 0 radical (unpaired) electrons. The van der Waals surface area contributed by atoms with Crippen LogP contribution in [0.2, 0.25) is 0 Å². The molecule has 1 amide bonds. The Labute approximate surface area is 88.7 Å². The fourth-order valence-corrected chi connectivity index (χ4v) is 1.34. The second kappa shape index (κ2) is 5.11. The minimum Gasteiger partial charge on any atom is -0.475 e. The monoisotopic (exact) mass is 226 g/mol. The number of thioether (sulfide) groups is 1. The molecule has 7 heteroatoms. The van der Waals surface area contributed by atoms with E-state index in [2.05, 4.69) is 10.3 Å². The first kappa shape index (κ1) is 11.2. The summed E-state index contributed by atoms with van der Waals surface area (Å²) in [6, 6.07) is 2.92. The van der Waals surface area contributed by atoms with Gasteiger partial charge in [-0.1, -0.05) is 0 Å². The quantitative estimate of drug-likeness (QED) is 0.438. The van der Waals surface area contributed by atoms with Crippen LogP contribution in [0.15, 0.2) is 23.4 Å². The van der Waals surface area contributed by atoms with Crippen LogP contribution in [-0.4, -0.2) is 27.6 Å². The number of carboxylic acid groups (broad SMARTS) is 1. The highest BCUT2D eigenvalue weighted by Gasteiger charge is 2.14. The molecule has 6 nitrogen and oxygen atoms in total. The van der Waals surface area contributed by atoms with Crippen molar-refractivity contribution in [3.05, 3.63) is 18.3 Å². The van der Waals surface area contributed by atoms with Gasteiger partial charge >= 0.3 is 11.1 Å². The van der Waals surface area contributed by atoms with E-state index >= 15 is 0 Å². The minimum atomic E-state index is -1.53. The summed E-state index contributed by atoms with van der Waals surface area (Å²) in [5, 5.41) is 9.90. The summed E-state index contributed by atoms with van der Waals surface area (Å²) in [7, 11) is 0. The van der Waals surface area contributed by atoms with Crippen LogP contribution < -0.4 is 5.32 Å². The zero-order chi connectivity index (χ0) is 11.3. The number of amides is 1. The molecule has 0 atom stereocenters. The summed E-state index contributed by atoms with van der Waals surface area (Å²) in [4.78, 5) is 34.9. The SMILES string of the molecule is O=CNc1ccnc(SC(=O)C(=O)O)c1. The molecule has 78 valence electrons. The minimum absolute atomic E-state index is 0.217. The van der Waals surface area contributed by atoms with Gasteiger partial charge in [0, 0.05) is 11.9 Å². The molecule has 15 heavy (non-hydrogen) atoms. The van der Waals surface area contributed by atoms with E-state index < -0.39 is 11.1 Å². The molecule has 2 N–H and O–H groups in total.